The third-order valence-corrected chi connectivity index (χ3v) is 2.95. The highest BCUT2D eigenvalue weighted by Crippen LogP contribution is 2.25. The number of imidazole rings is 1. The van der Waals surface area contributed by atoms with Gasteiger partial charge >= 0.3 is 0 Å². The van der Waals surface area contributed by atoms with E-state index in [-0.39, 0.29) is 0 Å². The van der Waals surface area contributed by atoms with Crippen molar-refractivity contribution in [3.05, 3.63) is 30.5 Å². The lowest BCUT2D eigenvalue weighted by molar-refractivity contribution is 1.29. The number of hydrogen-bond donors (Lipinski definition) is 2. The van der Waals surface area contributed by atoms with E-state index in [4.69, 9.17) is 5.73 Å². The van der Waals surface area contributed by atoms with E-state index in [1.807, 2.05) is 24.3 Å². The van der Waals surface area contributed by atoms with Crippen LogP contribution in [0.4, 0.5) is 5.00 Å². The van der Waals surface area contributed by atoms with Gasteiger partial charge in [0.2, 0.25) is 0 Å². The van der Waals surface area contributed by atoms with E-state index in [0.29, 0.717) is 5.00 Å². The maximum absolute atomic E-state index is 5.62. The molecule has 15 heavy (non-hydrogen) atoms. The number of nitrogens with one attached hydrogen (secondary N) is 1. The van der Waals surface area contributed by atoms with Gasteiger partial charge < -0.3 is 10.7 Å². The Kier molecular flexibility index (Phi) is 1.72. The highest BCUT2D eigenvalue weighted by molar-refractivity contribution is 7.18. The molecule has 0 fully saturated rings. The van der Waals surface area contributed by atoms with Crippen LogP contribution >= 0.6 is 11.3 Å². The molecule has 0 radical (unpaired) electrons. The van der Waals surface area contributed by atoms with Gasteiger partial charge in [-0.1, -0.05) is 23.5 Å². The number of nitrogens with zero attached hydrogens (tertiary/aromatic N) is 2. The number of nitrogen functional groups attached to an aromatic ring is 1. The summed E-state index contributed by atoms with van der Waals surface area (Å²) in [5, 5.41) is 1.52. The molecule has 0 aliphatic carbocycles. The van der Waals surface area contributed by atoms with Gasteiger partial charge in [-0.05, 0) is 12.1 Å². The van der Waals surface area contributed by atoms with Crippen LogP contribution in [0.15, 0.2) is 30.5 Å². The van der Waals surface area contributed by atoms with Crippen molar-refractivity contribution in [2.75, 3.05) is 5.73 Å². The quantitative estimate of drug-likeness (QED) is 0.655. The molecule has 0 saturated heterocycles. The summed E-state index contributed by atoms with van der Waals surface area (Å²) in [7, 11) is 0. The second kappa shape index (κ2) is 3.06. The normalized spacial score (nSPS) is 10.9. The monoisotopic (exact) mass is 216 g/mol. The molecule has 4 nitrogen and oxygen atoms in total. The molecule has 0 bridgehead atoms. The van der Waals surface area contributed by atoms with Crippen LogP contribution in [-0.4, -0.2) is 15.0 Å². The minimum Gasteiger partial charge on any atom is -0.389 e. The Morgan fingerprint density at radius 3 is 2.87 bits per heavy atom. The lowest BCUT2D eigenvalue weighted by Crippen LogP contribution is -1.76. The summed E-state index contributed by atoms with van der Waals surface area (Å²) in [6.07, 6.45) is 1.65. The van der Waals surface area contributed by atoms with Crippen LogP contribution in [0, 0.1) is 0 Å². The standard InChI is InChI=1S/C10H8N4S/c11-8-5-12-10(15-8)9-13-6-3-1-2-4-7(6)14-9/h1-5H,11H2,(H,13,14). The Morgan fingerprint density at radius 1 is 1.27 bits per heavy atom. The van der Waals surface area contributed by atoms with Crippen molar-refractivity contribution in [3.8, 4) is 10.8 Å². The number of fused-ring (bicyclic) bond motifs is 1. The van der Waals surface area contributed by atoms with Crippen LogP contribution in [0.5, 0.6) is 0 Å². The first-order chi connectivity index (χ1) is 7.33. The first-order valence-electron chi connectivity index (χ1n) is 4.49. The van der Waals surface area contributed by atoms with Crippen molar-refractivity contribution in [3.63, 3.8) is 0 Å². The van der Waals surface area contributed by atoms with Crippen LogP contribution in [0.1, 0.15) is 0 Å². The number of rotatable bonds is 1. The fourth-order valence-electron chi connectivity index (χ4n) is 1.45. The lowest BCUT2D eigenvalue weighted by atomic mass is 10.3. The molecular weight excluding hydrogens is 208 g/mol. The maximum Gasteiger partial charge on any atom is 0.167 e. The van der Waals surface area contributed by atoms with Crippen LogP contribution in [0.3, 0.4) is 0 Å². The SMILES string of the molecule is Nc1cnc(-c2nc3ccccc3[nH]2)s1. The highest BCUT2D eigenvalue weighted by atomic mass is 32.1. The number of aromatic amines is 1. The average molecular weight is 216 g/mol. The molecule has 3 N–H and O–H groups in total. The molecule has 0 saturated carbocycles. The van der Waals surface area contributed by atoms with Crippen LogP contribution in [0.2, 0.25) is 0 Å². The molecule has 0 aliphatic rings. The van der Waals surface area contributed by atoms with E-state index in [1.165, 1.54) is 11.3 Å². The Balaban J connectivity index is 2.19. The van der Waals surface area contributed by atoms with E-state index >= 15 is 0 Å². The van der Waals surface area contributed by atoms with Crippen molar-refractivity contribution >= 4 is 27.4 Å². The first-order valence-corrected chi connectivity index (χ1v) is 5.31. The molecule has 0 amide bonds. The maximum atomic E-state index is 5.62. The summed E-state index contributed by atoms with van der Waals surface area (Å²) in [4.78, 5) is 11.8. The van der Waals surface area contributed by atoms with Crippen molar-refractivity contribution < 1.29 is 0 Å². The second-order valence-corrected chi connectivity index (χ2v) is 4.23. The average Bonchev–Trinajstić information content (AvgIpc) is 2.82. The Hall–Kier alpha value is -1.88. The Labute approximate surface area is 89.8 Å². The smallest absolute Gasteiger partial charge is 0.167 e. The van der Waals surface area contributed by atoms with Gasteiger partial charge in [0.1, 0.15) is 5.00 Å². The van der Waals surface area contributed by atoms with E-state index in [2.05, 4.69) is 15.0 Å². The van der Waals surface area contributed by atoms with E-state index in [0.717, 1.165) is 21.9 Å². The highest BCUT2D eigenvalue weighted by Gasteiger charge is 2.07. The number of hydrogen-bond acceptors (Lipinski definition) is 4. The number of para-hydroxylation sites is 2. The zero-order valence-corrected chi connectivity index (χ0v) is 8.58. The molecular formula is C10H8N4S. The number of thiazole rings is 1. The number of benzene rings is 1. The molecule has 0 spiro atoms. The molecule has 5 heteroatoms. The zero-order chi connectivity index (χ0) is 10.3. The molecule has 2 heterocycles. The van der Waals surface area contributed by atoms with Gasteiger partial charge in [0, 0.05) is 0 Å². The van der Waals surface area contributed by atoms with Crippen molar-refractivity contribution in [1.82, 2.24) is 15.0 Å². The molecule has 3 aromatic rings. The summed E-state index contributed by atoms with van der Waals surface area (Å²) in [6.45, 7) is 0. The molecule has 2 aromatic heterocycles. The molecule has 1 aromatic carbocycles. The van der Waals surface area contributed by atoms with Gasteiger partial charge in [-0.2, -0.15) is 0 Å². The predicted octanol–water partition coefficient (Wildman–Crippen LogP) is 2.27. The molecule has 0 aliphatic heterocycles. The number of nitrogens with two attached hydrogens (primary N) is 1. The Bertz CT molecular complexity index is 577. The topological polar surface area (TPSA) is 67.6 Å². The summed E-state index contributed by atoms with van der Waals surface area (Å²) in [6, 6.07) is 7.89. The molecule has 0 atom stereocenters. The predicted molar refractivity (Wildman–Crippen MR) is 61.6 cm³/mol. The van der Waals surface area contributed by atoms with Gasteiger partial charge in [0.25, 0.3) is 0 Å². The van der Waals surface area contributed by atoms with Crippen LogP contribution < -0.4 is 5.73 Å². The lowest BCUT2D eigenvalue weighted by Gasteiger charge is -1.85. The van der Waals surface area contributed by atoms with E-state index < -0.39 is 0 Å². The first kappa shape index (κ1) is 8.43. The molecule has 3 rings (SSSR count). The van der Waals surface area contributed by atoms with Crippen molar-refractivity contribution in [1.29, 1.82) is 0 Å². The third-order valence-electron chi connectivity index (χ3n) is 2.12. The summed E-state index contributed by atoms with van der Waals surface area (Å²) < 4.78 is 0. The summed E-state index contributed by atoms with van der Waals surface area (Å²) >= 11 is 1.43. The summed E-state index contributed by atoms with van der Waals surface area (Å²) in [5.41, 5.74) is 7.59. The largest absolute Gasteiger partial charge is 0.389 e. The van der Waals surface area contributed by atoms with Gasteiger partial charge in [-0.25, -0.2) is 9.97 Å². The van der Waals surface area contributed by atoms with Gasteiger partial charge in [0.05, 0.1) is 17.2 Å². The fraction of sp³-hybridized carbons (Fsp3) is 0. The number of aromatic nitrogens is 3. The van der Waals surface area contributed by atoms with E-state index in [9.17, 15) is 0 Å². The fourth-order valence-corrected chi connectivity index (χ4v) is 2.08. The zero-order valence-electron chi connectivity index (χ0n) is 7.77. The van der Waals surface area contributed by atoms with Gasteiger partial charge in [-0.15, -0.1) is 0 Å². The third kappa shape index (κ3) is 1.37. The minimum atomic E-state index is 0.699. The second-order valence-electron chi connectivity index (χ2n) is 3.17. The van der Waals surface area contributed by atoms with Crippen molar-refractivity contribution in [2.45, 2.75) is 0 Å². The van der Waals surface area contributed by atoms with Crippen LogP contribution in [0.25, 0.3) is 21.9 Å². The summed E-state index contributed by atoms with van der Waals surface area (Å²) in [5.74, 6) is 0.776. The Morgan fingerprint density at radius 2 is 2.13 bits per heavy atom. The number of anilines is 1. The molecule has 0 unspecified atom stereocenters. The number of H-pyrrole nitrogens is 1. The van der Waals surface area contributed by atoms with E-state index in [1.54, 1.807) is 6.20 Å². The van der Waals surface area contributed by atoms with Crippen molar-refractivity contribution in [2.24, 2.45) is 0 Å². The van der Waals surface area contributed by atoms with Gasteiger partial charge in [-0.3, -0.25) is 0 Å². The molecule has 74 valence electrons. The van der Waals surface area contributed by atoms with Gasteiger partial charge in [0.15, 0.2) is 10.8 Å². The van der Waals surface area contributed by atoms with Crippen LogP contribution in [-0.2, 0) is 0 Å². The minimum absolute atomic E-state index is 0.699.